The van der Waals surface area contributed by atoms with E-state index in [1.807, 2.05) is 13.8 Å². The third kappa shape index (κ3) is 2.11. The lowest BCUT2D eigenvalue weighted by atomic mass is 10.1. The molecule has 1 aromatic carbocycles. The highest BCUT2D eigenvalue weighted by Gasteiger charge is 2.21. The number of nitrogens with zero attached hydrogens (tertiary/aromatic N) is 1. The molecule has 0 aliphatic rings. The van der Waals surface area contributed by atoms with Gasteiger partial charge in [-0.3, -0.25) is 4.79 Å². The first-order valence-electron chi connectivity index (χ1n) is 5.07. The number of aromatic nitrogens is 2. The highest BCUT2D eigenvalue weighted by molar-refractivity contribution is 6.32. The van der Waals surface area contributed by atoms with Gasteiger partial charge in [0.2, 0.25) is 0 Å². The zero-order valence-electron chi connectivity index (χ0n) is 9.54. The summed E-state index contributed by atoms with van der Waals surface area (Å²) in [4.78, 5) is 18.6. The van der Waals surface area contributed by atoms with Crippen LogP contribution >= 0.6 is 11.6 Å². The van der Waals surface area contributed by atoms with Crippen LogP contribution in [-0.2, 0) is 5.54 Å². The molecular weight excluding hydrogens is 240 g/mol. The van der Waals surface area contributed by atoms with Crippen molar-refractivity contribution in [1.82, 2.24) is 9.97 Å². The van der Waals surface area contributed by atoms with E-state index in [1.165, 1.54) is 6.07 Å². The molecule has 1 aromatic heterocycles. The molecule has 5 N–H and O–H groups in total. The molecule has 0 saturated carbocycles. The van der Waals surface area contributed by atoms with E-state index < -0.39 is 11.4 Å². The van der Waals surface area contributed by atoms with Gasteiger partial charge in [-0.25, -0.2) is 4.98 Å². The fraction of sp³-hybridized carbons (Fsp3) is 0.273. The summed E-state index contributed by atoms with van der Waals surface area (Å²) in [6, 6.07) is 3.17. The largest absolute Gasteiger partial charge is 0.366 e. The fourth-order valence-electron chi connectivity index (χ4n) is 1.58. The number of H-pyrrole nitrogens is 1. The van der Waals surface area contributed by atoms with Gasteiger partial charge in [-0.2, -0.15) is 0 Å². The van der Waals surface area contributed by atoms with Crippen LogP contribution in [0.4, 0.5) is 0 Å². The maximum absolute atomic E-state index is 11.3. The molecule has 0 saturated heterocycles. The van der Waals surface area contributed by atoms with Gasteiger partial charge in [-0.15, -0.1) is 0 Å². The van der Waals surface area contributed by atoms with Crippen molar-refractivity contribution >= 4 is 28.5 Å². The molecule has 2 rings (SSSR count). The van der Waals surface area contributed by atoms with Crippen molar-refractivity contribution in [2.45, 2.75) is 19.4 Å². The molecule has 1 heterocycles. The molecule has 0 aliphatic carbocycles. The molecule has 0 fully saturated rings. The number of nitrogens with two attached hydrogens (primary N) is 2. The van der Waals surface area contributed by atoms with Crippen molar-refractivity contribution in [3.63, 3.8) is 0 Å². The number of nitrogens with one attached hydrogen (secondary N) is 1. The van der Waals surface area contributed by atoms with Crippen molar-refractivity contribution in [1.29, 1.82) is 0 Å². The van der Waals surface area contributed by atoms with Crippen LogP contribution < -0.4 is 11.5 Å². The van der Waals surface area contributed by atoms with Crippen molar-refractivity contribution in [3.05, 3.63) is 28.5 Å². The molecule has 0 bridgehead atoms. The standard InChI is InChI=1S/C11H13ClN4O/c1-11(2,14)10-15-7-4-5(12)3-6(9(13)17)8(7)16-10/h3-4H,14H2,1-2H3,(H2,13,17)(H,15,16). The summed E-state index contributed by atoms with van der Waals surface area (Å²) >= 11 is 5.90. The number of fused-ring (bicyclic) bond motifs is 1. The van der Waals surface area contributed by atoms with Crippen LogP contribution in [0.15, 0.2) is 12.1 Å². The number of hydrogen-bond donors (Lipinski definition) is 3. The SMILES string of the molecule is CC(C)(N)c1nc2cc(Cl)cc(C(N)=O)c2[nH]1. The van der Waals surface area contributed by atoms with E-state index in [2.05, 4.69) is 9.97 Å². The second-order valence-electron chi connectivity index (χ2n) is 4.52. The van der Waals surface area contributed by atoms with E-state index in [9.17, 15) is 4.79 Å². The van der Waals surface area contributed by atoms with E-state index in [0.29, 0.717) is 27.4 Å². The Balaban J connectivity index is 2.76. The molecule has 17 heavy (non-hydrogen) atoms. The number of imidazole rings is 1. The zero-order chi connectivity index (χ0) is 12.8. The zero-order valence-corrected chi connectivity index (χ0v) is 10.3. The van der Waals surface area contributed by atoms with Crippen LogP contribution in [0.3, 0.4) is 0 Å². The van der Waals surface area contributed by atoms with Gasteiger partial charge in [0.1, 0.15) is 5.82 Å². The van der Waals surface area contributed by atoms with Gasteiger partial charge in [-0.05, 0) is 26.0 Å². The first-order valence-corrected chi connectivity index (χ1v) is 5.45. The first-order chi connectivity index (χ1) is 7.79. The number of aromatic amines is 1. The Morgan fingerprint density at radius 1 is 1.47 bits per heavy atom. The van der Waals surface area contributed by atoms with Gasteiger partial charge in [-0.1, -0.05) is 11.6 Å². The smallest absolute Gasteiger partial charge is 0.250 e. The lowest BCUT2D eigenvalue weighted by molar-refractivity contribution is 0.100. The van der Waals surface area contributed by atoms with Gasteiger partial charge in [0.05, 0.1) is 22.1 Å². The van der Waals surface area contributed by atoms with E-state index in [-0.39, 0.29) is 0 Å². The molecule has 6 heteroatoms. The Kier molecular flexibility index (Phi) is 2.60. The molecule has 1 amide bonds. The molecule has 0 aliphatic heterocycles. The first kappa shape index (κ1) is 11.9. The average Bonchev–Trinajstić information content (AvgIpc) is 2.58. The predicted octanol–water partition coefficient (Wildman–Crippen LogP) is 1.51. The quantitative estimate of drug-likeness (QED) is 0.756. The Morgan fingerprint density at radius 3 is 2.65 bits per heavy atom. The second-order valence-corrected chi connectivity index (χ2v) is 4.96. The van der Waals surface area contributed by atoms with Crippen LogP contribution in [0, 0.1) is 0 Å². The summed E-state index contributed by atoms with van der Waals surface area (Å²) in [7, 11) is 0. The molecule has 90 valence electrons. The highest BCUT2D eigenvalue weighted by Crippen LogP contribution is 2.25. The molecule has 2 aromatic rings. The molecule has 0 atom stereocenters. The summed E-state index contributed by atoms with van der Waals surface area (Å²) in [5, 5.41) is 0.416. The lowest BCUT2D eigenvalue weighted by Crippen LogP contribution is -2.30. The minimum absolute atomic E-state index is 0.315. The number of carbonyl (C=O) groups is 1. The fourth-order valence-corrected chi connectivity index (χ4v) is 1.79. The van der Waals surface area contributed by atoms with E-state index in [0.717, 1.165) is 0 Å². The molecule has 0 unspecified atom stereocenters. The maximum atomic E-state index is 11.3. The number of halogens is 1. The number of amides is 1. The molecule has 5 nitrogen and oxygen atoms in total. The Morgan fingerprint density at radius 2 is 2.12 bits per heavy atom. The topological polar surface area (TPSA) is 97.8 Å². The van der Waals surface area contributed by atoms with Crippen molar-refractivity contribution in [2.75, 3.05) is 0 Å². The van der Waals surface area contributed by atoms with Crippen LogP contribution in [0.5, 0.6) is 0 Å². The monoisotopic (exact) mass is 252 g/mol. The predicted molar refractivity (Wildman–Crippen MR) is 66.8 cm³/mol. The minimum Gasteiger partial charge on any atom is -0.366 e. The molecular formula is C11H13ClN4O. The van der Waals surface area contributed by atoms with Crippen molar-refractivity contribution < 1.29 is 4.79 Å². The van der Waals surface area contributed by atoms with E-state index in [1.54, 1.807) is 6.07 Å². The van der Waals surface area contributed by atoms with Crippen LogP contribution in [0.25, 0.3) is 11.0 Å². The van der Waals surface area contributed by atoms with E-state index >= 15 is 0 Å². The van der Waals surface area contributed by atoms with Crippen LogP contribution in [0.1, 0.15) is 30.0 Å². The number of rotatable bonds is 2. The lowest BCUT2D eigenvalue weighted by Gasteiger charge is -2.14. The number of primary amides is 1. The number of benzene rings is 1. The van der Waals surface area contributed by atoms with Gasteiger partial charge in [0.25, 0.3) is 5.91 Å². The normalized spacial score (nSPS) is 12.0. The third-order valence-electron chi connectivity index (χ3n) is 2.43. The summed E-state index contributed by atoms with van der Waals surface area (Å²) in [5.41, 5.74) is 12.1. The average molecular weight is 253 g/mol. The maximum Gasteiger partial charge on any atom is 0.250 e. The van der Waals surface area contributed by atoms with E-state index in [4.69, 9.17) is 23.1 Å². The number of hydrogen-bond acceptors (Lipinski definition) is 3. The number of carbonyl (C=O) groups excluding carboxylic acids is 1. The Hall–Kier alpha value is -1.59. The van der Waals surface area contributed by atoms with Crippen molar-refractivity contribution in [3.8, 4) is 0 Å². The van der Waals surface area contributed by atoms with Gasteiger partial charge < -0.3 is 16.5 Å². The highest BCUT2D eigenvalue weighted by atomic mass is 35.5. The Bertz CT molecular complexity index is 597. The van der Waals surface area contributed by atoms with Gasteiger partial charge >= 0.3 is 0 Å². The summed E-state index contributed by atoms with van der Waals surface area (Å²) in [6.45, 7) is 3.63. The summed E-state index contributed by atoms with van der Waals surface area (Å²) in [5.74, 6) is 0.0276. The summed E-state index contributed by atoms with van der Waals surface area (Å²) in [6.07, 6.45) is 0. The minimum atomic E-state index is -0.625. The second kappa shape index (κ2) is 3.72. The molecule has 0 spiro atoms. The third-order valence-corrected chi connectivity index (χ3v) is 2.65. The molecule has 0 radical (unpaired) electrons. The summed E-state index contributed by atoms with van der Waals surface area (Å²) < 4.78 is 0. The van der Waals surface area contributed by atoms with Crippen LogP contribution in [0.2, 0.25) is 5.02 Å². The van der Waals surface area contributed by atoms with Gasteiger partial charge in [0.15, 0.2) is 0 Å². The van der Waals surface area contributed by atoms with Gasteiger partial charge in [0, 0.05) is 5.02 Å². The Labute approximate surface area is 103 Å². The van der Waals surface area contributed by atoms with Crippen LogP contribution in [-0.4, -0.2) is 15.9 Å². The van der Waals surface area contributed by atoms with Crippen molar-refractivity contribution in [2.24, 2.45) is 11.5 Å².